The molecule has 0 N–H and O–H groups in total. The number of benzene rings is 1. The summed E-state index contributed by atoms with van der Waals surface area (Å²) in [5, 5.41) is 0.414. The summed E-state index contributed by atoms with van der Waals surface area (Å²) in [5.41, 5.74) is 0. The molecule has 0 bridgehead atoms. The quantitative estimate of drug-likeness (QED) is 0.753. The molecule has 0 amide bonds. The first-order chi connectivity index (χ1) is 6.72. The molecule has 14 heavy (non-hydrogen) atoms. The third-order valence-electron chi connectivity index (χ3n) is 1.64. The van der Waals surface area contributed by atoms with Crippen LogP contribution in [0.4, 0.5) is 0 Å². The molecule has 0 radical (unpaired) electrons. The van der Waals surface area contributed by atoms with Gasteiger partial charge in [-0.25, -0.2) is 0 Å². The Labute approximate surface area is 92.5 Å². The van der Waals surface area contributed by atoms with E-state index in [1.165, 1.54) is 14.2 Å². The number of hydrogen-bond donors (Lipinski definition) is 0. The van der Waals surface area contributed by atoms with Crippen LogP contribution >= 0.6 is 23.2 Å². The van der Waals surface area contributed by atoms with E-state index in [0.717, 1.165) is 0 Å². The second-order valence-corrected chi connectivity index (χ2v) is 2.99. The van der Waals surface area contributed by atoms with Crippen LogP contribution in [0.5, 0.6) is 17.2 Å². The lowest BCUT2D eigenvalue weighted by atomic mass is 10.3. The fourth-order valence-corrected chi connectivity index (χ4v) is 1.38. The lowest BCUT2D eigenvalue weighted by molar-refractivity contribution is 0.364. The fraction of sp³-hybridized carbons (Fsp3) is 0.333. The van der Waals surface area contributed by atoms with Crippen molar-refractivity contribution in [3.63, 3.8) is 0 Å². The van der Waals surface area contributed by atoms with E-state index < -0.39 is 0 Å². The van der Waals surface area contributed by atoms with Gasteiger partial charge >= 0.3 is 0 Å². The molecule has 5 heteroatoms. The standard InChI is InChI=1S/C9H10Cl2O3/c1-12-7-3-6(14-5-10)4-8(13-2)9(7)11/h3-4H,5H2,1-2H3. The van der Waals surface area contributed by atoms with Crippen molar-refractivity contribution in [1.29, 1.82) is 0 Å². The smallest absolute Gasteiger partial charge is 0.162 e. The average Bonchev–Trinajstić information content (AvgIpc) is 2.20. The summed E-state index contributed by atoms with van der Waals surface area (Å²) in [6.07, 6.45) is 0. The summed E-state index contributed by atoms with van der Waals surface area (Å²) in [6, 6.07) is 3.36. The Hall–Kier alpha value is -0.800. The van der Waals surface area contributed by atoms with E-state index in [1.54, 1.807) is 12.1 Å². The fourth-order valence-electron chi connectivity index (χ4n) is 0.992. The Morgan fingerprint density at radius 1 is 1.14 bits per heavy atom. The lowest BCUT2D eigenvalue weighted by Gasteiger charge is -2.10. The van der Waals surface area contributed by atoms with Gasteiger partial charge in [-0.2, -0.15) is 0 Å². The van der Waals surface area contributed by atoms with Gasteiger partial charge in [0.1, 0.15) is 22.3 Å². The van der Waals surface area contributed by atoms with Crippen molar-refractivity contribution in [2.45, 2.75) is 0 Å². The van der Waals surface area contributed by atoms with Gasteiger partial charge in [-0.15, -0.1) is 0 Å². The summed E-state index contributed by atoms with van der Waals surface area (Å²) >= 11 is 11.4. The Morgan fingerprint density at radius 2 is 1.64 bits per heavy atom. The van der Waals surface area contributed by atoms with Crippen LogP contribution in [-0.4, -0.2) is 20.3 Å². The molecule has 0 aliphatic carbocycles. The number of rotatable bonds is 4. The van der Waals surface area contributed by atoms with Gasteiger partial charge in [0, 0.05) is 12.1 Å². The minimum Gasteiger partial charge on any atom is -0.495 e. The van der Waals surface area contributed by atoms with E-state index in [9.17, 15) is 0 Å². The molecule has 1 rings (SSSR count). The minimum absolute atomic E-state index is 0.0634. The molecule has 0 heterocycles. The highest BCUT2D eigenvalue weighted by molar-refractivity contribution is 6.33. The molecule has 1 aromatic carbocycles. The minimum atomic E-state index is 0.0634. The summed E-state index contributed by atoms with van der Waals surface area (Å²) in [6.45, 7) is 0. The molecular formula is C9H10Cl2O3. The average molecular weight is 237 g/mol. The van der Waals surface area contributed by atoms with Gasteiger partial charge in [-0.05, 0) is 0 Å². The molecule has 0 aliphatic rings. The largest absolute Gasteiger partial charge is 0.495 e. The maximum atomic E-state index is 5.94. The number of halogens is 2. The van der Waals surface area contributed by atoms with Crippen molar-refractivity contribution < 1.29 is 14.2 Å². The first-order valence-corrected chi connectivity index (χ1v) is 4.74. The summed E-state index contributed by atoms with van der Waals surface area (Å²) in [7, 11) is 3.04. The molecule has 1 aromatic rings. The molecule has 0 spiro atoms. The topological polar surface area (TPSA) is 27.7 Å². The molecule has 0 aliphatic heterocycles. The van der Waals surface area contributed by atoms with Crippen LogP contribution in [0.2, 0.25) is 5.02 Å². The zero-order valence-electron chi connectivity index (χ0n) is 7.84. The van der Waals surface area contributed by atoms with Gasteiger partial charge in [0.25, 0.3) is 0 Å². The third-order valence-corrected chi connectivity index (χ3v) is 2.12. The molecule has 78 valence electrons. The van der Waals surface area contributed by atoms with Crippen LogP contribution in [-0.2, 0) is 0 Å². The van der Waals surface area contributed by atoms with Crippen molar-refractivity contribution in [3.05, 3.63) is 17.2 Å². The molecule has 0 unspecified atom stereocenters. The highest BCUT2D eigenvalue weighted by atomic mass is 35.5. The van der Waals surface area contributed by atoms with Gasteiger partial charge in [0.15, 0.2) is 6.07 Å². The van der Waals surface area contributed by atoms with Gasteiger partial charge in [0.2, 0.25) is 0 Å². The van der Waals surface area contributed by atoms with Crippen LogP contribution in [0.3, 0.4) is 0 Å². The highest BCUT2D eigenvalue weighted by Crippen LogP contribution is 2.37. The van der Waals surface area contributed by atoms with E-state index in [2.05, 4.69) is 0 Å². The predicted octanol–water partition coefficient (Wildman–Crippen LogP) is 2.93. The van der Waals surface area contributed by atoms with Gasteiger partial charge < -0.3 is 14.2 Å². The van der Waals surface area contributed by atoms with Crippen molar-refractivity contribution >= 4 is 23.2 Å². The SMILES string of the molecule is COc1cc(OCCl)cc(OC)c1Cl. The van der Waals surface area contributed by atoms with Crippen molar-refractivity contribution in [1.82, 2.24) is 0 Å². The molecule has 0 saturated carbocycles. The Bertz CT molecular complexity index is 290. The van der Waals surface area contributed by atoms with Crippen molar-refractivity contribution in [2.75, 3.05) is 20.3 Å². The first-order valence-electron chi connectivity index (χ1n) is 3.83. The number of methoxy groups -OCH3 is 2. The Kier molecular flexibility index (Phi) is 4.17. The second-order valence-electron chi connectivity index (χ2n) is 2.40. The summed E-state index contributed by atoms with van der Waals surface area (Å²) in [4.78, 5) is 0. The van der Waals surface area contributed by atoms with Crippen LogP contribution in [0.15, 0.2) is 12.1 Å². The third kappa shape index (κ3) is 2.36. The monoisotopic (exact) mass is 236 g/mol. The molecule has 0 atom stereocenters. The van der Waals surface area contributed by atoms with Gasteiger partial charge in [0.05, 0.1) is 14.2 Å². The van der Waals surface area contributed by atoms with E-state index in [0.29, 0.717) is 22.3 Å². The maximum Gasteiger partial charge on any atom is 0.162 e. The number of ether oxygens (including phenoxy) is 3. The normalized spacial score (nSPS) is 9.71. The molecule has 0 saturated heterocycles. The Balaban J connectivity index is 3.11. The van der Waals surface area contributed by atoms with Crippen molar-refractivity contribution in [3.8, 4) is 17.2 Å². The van der Waals surface area contributed by atoms with E-state index in [4.69, 9.17) is 37.4 Å². The first kappa shape index (κ1) is 11.3. The number of hydrogen-bond acceptors (Lipinski definition) is 3. The van der Waals surface area contributed by atoms with Gasteiger partial charge in [-0.3, -0.25) is 0 Å². The molecular weight excluding hydrogens is 227 g/mol. The van der Waals surface area contributed by atoms with Crippen molar-refractivity contribution in [2.24, 2.45) is 0 Å². The van der Waals surface area contributed by atoms with Crippen LogP contribution in [0, 0.1) is 0 Å². The van der Waals surface area contributed by atoms with Crippen LogP contribution < -0.4 is 14.2 Å². The molecule has 3 nitrogen and oxygen atoms in total. The summed E-state index contributed by atoms with van der Waals surface area (Å²) < 4.78 is 15.2. The molecule has 0 fully saturated rings. The summed E-state index contributed by atoms with van der Waals surface area (Å²) in [5.74, 6) is 1.54. The highest BCUT2D eigenvalue weighted by Gasteiger charge is 2.10. The number of alkyl halides is 1. The van der Waals surface area contributed by atoms with Crippen LogP contribution in [0.25, 0.3) is 0 Å². The lowest BCUT2D eigenvalue weighted by Crippen LogP contribution is -1.94. The molecule has 0 aromatic heterocycles. The zero-order valence-corrected chi connectivity index (χ0v) is 9.35. The Morgan fingerprint density at radius 3 is 2.00 bits per heavy atom. The van der Waals surface area contributed by atoms with Crippen LogP contribution in [0.1, 0.15) is 0 Å². The maximum absolute atomic E-state index is 5.94. The zero-order chi connectivity index (χ0) is 10.6. The van der Waals surface area contributed by atoms with E-state index in [1.807, 2.05) is 0 Å². The second kappa shape index (κ2) is 5.17. The van der Waals surface area contributed by atoms with E-state index in [-0.39, 0.29) is 6.07 Å². The van der Waals surface area contributed by atoms with E-state index >= 15 is 0 Å². The predicted molar refractivity (Wildman–Crippen MR) is 55.9 cm³/mol. The van der Waals surface area contributed by atoms with Gasteiger partial charge in [-0.1, -0.05) is 23.2 Å².